The molecule has 1 aromatic heterocycles. The van der Waals surface area contributed by atoms with Crippen LogP contribution in [0.3, 0.4) is 0 Å². The molecule has 5 nitrogen and oxygen atoms in total. The molecule has 0 bridgehead atoms. The Morgan fingerprint density at radius 2 is 2.40 bits per heavy atom. The second-order valence-corrected chi connectivity index (χ2v) is 3.87. The molecule has 80 valence electrons. The number of halogens is 1. The lowest BCUT2D eigenvalue weighted by Gasteiger charge is -2.08. The van der Waals surface area contributed by atoms with Crippen molar-refractivity contribution in [3.8, 4) is 0 Å². The second-order valence-electron chi connectivity index (χ2n) is 3.48. The maximum absolute atomic E-state index is 10.9. The summed E-state index contributed by atoms with van der Waals surface area (Å²) in [4.78, 5) is 18.9. The normalized spacial score (nSPS) is 20.1. The predicted molar refractivity (Wildman–Crippen MR) is 56.6 cm³/mol. The summed E-state index contributed by atoms with van der Waals surface area (Å²) >= 11 is 5.60. The number of aromatic nitrogens is 2. The van der Waals surface area contributed by atoms with Crippen LogP contribution in [0.4, 0.5) is 5.82 Å². The molecule has 6 heteroatoms. The van der Waals surface area contributed by atoms with E-state index in [0.717, 1.165) is 13.1 Å². The first-order valence-corrected chi connectivity index (χ1v) is 5.10. The molecule has 1 unspecified atom stereocenters. The molecule has 1 atom stereocenters. The quantitative estimate of drug-likeness (QED) is 0.796. The van der Waals surface area contributed by atoms with E-state index in [1.54, 1.807) is 6.20 Å². The number of rotatable bonds is 3. The largest absolute Gasteiger partial charge is 0.368 e. The van der Waals surface area contributed by atoms with E-state index in [9.17, 15) is 4.79 Å². The Kier molecular flexibility index (Phi) is 3.01. The highest BCUT2D eigenvalue weighted by molar-refractivity contribution is 6.29. The van der Waals surface area contributed by atoms with Crippen LogP contribution in [0.15, 0.2) is 12.4 Å². The van der Waals surface area contributed by atoms with Gasteiger partial charge in [0.25, 0.3) is 0 Å². The van der Waals surface area contributed by atoms with Gasteiger partial charge in [-0.25, -0.2) is 9.97 Å². The van der Waals surface area contributed by atoms with Crippen LogP contribution < -0.4 is 10.6 Å². The minimum atomic E-state index is 0.115. The topological polar surface area (TPSA) is 66.9 Å². The van der Waals surface area contributed by atoms with Gasteiger partial charge < -0.3 is 10.6 Å². The Morgan fingerprint density at radius 1 is 1.53 bits per heavy atom. The van der Waals surface area contributed by atoms with Gasteiger partial charge in [0.1, 0.15) is 11.0 Å². The third-order valence-electron chi connectivity index (χ3n) is 2.25. The standard InChI is InChI=1S/C9H11ClN4O/c10-7-4-13-8(5-11-7)12-2-6-1-9(15)14-3-6/h4-6H,1-3H2,(H,12,13)(H,14,15). The number of anilines is 1. The Bertz CT molecular complexity index is 354. The van der Waals surface area contributed by atoms with Crippen LogP contribution in [-0.2, 0) is 4.79 Å². The molecule has 0 aliphatic carbocycles. The monoisotopic (exact) mass is 226 g/mol. The van der Waals surface area contributed by atoms with E-state index in [1.807, 2.05) is 0 Å². The smallest absolute Gasteiger partial charge is 0.220 e. The average molecular weight is 227 g/mol. The first kappa shape index (κ1) is 10.2. The molecule has 1 amide bonds. The Balaban J connectivity index is 1.83. The summed E-state index contributed by atoms with van der Waals surface area (Å²) in [5.74, 6) is 1.12. The van der Waals surface area contributed by atoms with Gasteiger partial charge in [-0.1, -0.05) is 11.6 Å². The Hall–Kier alpha value is -1.36. The van der Waals surface area contributed by atoms with Crippen LogP contribution in [0, 0.1) is 5.92 Å². The van der Waals surface area contributed by atoms with Gasteiger partial charge in [-0.05, 0) is 0 Å². The summed E-state index contributed by atoms with van der Waals surface area (Å²) in [6.07, 6.45) is 3.64. The molecule has 15 heavy (non-hydrogen) atoms. The molecule has 0 spiro atoms. The summed E-state index contributed by atoms with van der Waals surface area (Å²) in [5, 5.41) is 6.26. The zero-order chi connectivity index (χ0) is 10.7. The number of nitrogens with zero attached hydrogens (tertiary/aromatic N) is 2. The van der Waals surface area contributed by atoms with Crippen LogP contribution in [0.2, 0.25) is 5.15 Å². The summed E-state index contributed by atoms with van der Waals surface area (Å²) in [7, 11) is 0. The van der Waals surface area contributed by atoms with Crippen LogP contribution in [-0.4, -0.2) is 29.0 Å². The van der Waals surface area contributed by atoms with Crippen LogP contribution >= 0.6 is 11.6 Å². The van der Waals surface area contributed by atoms with Crippen molar-refractivity contribution < 1.29 is 4.79 Å². The van der Waals surface area contributed by atoms with Gasteiger partial charge in [0, 0.05) is 25.4 Å². The van der Waals surface area contributed by atoms with Crippen molar-refractivity contribution >= 4 is 23.3 Å². The molecule has 2 N–H and O–H groups in total. The van der Waals surface area contributed by atoms with Gasteiger partial charge in [-0.3, -0.25) is 4.79 Å². The molecule has 1 aliphatic rings. The Labute approximate surface area is 92.3 Å². The fourth-order valence-electron chi connectivity index (χ4n) is 1.46. The van der Waals surface area contributed by atoms with Gasteiger partial charge in [0.05, 0.1) is 12.4 Å². The van der Waals surface area contributed by atoms with Crippen molar-refractivity contribution in [1.29, 1.82) is 0 Å². The van der Waals surface area contributed by atoms with E-state index in [0.29, 0.717) is 23.3 Å². The van der Waals surface area contributed by atoms with Gasteiger partial charge in [-0.15, -0.1) is 0 Å². The Morgan fingerprint density at radius 3 is 3.00 bits per heavy atom. The van der Waals surface area contributed by atoms with Crippen molar-refractivity contribution in [1.82, 2.24) is 15.3 Å². The molecular weight excluding hydrogens is 216 g/mol. The molecule has 1 aromatic rings. The van der Waals surface area contributed by atoms with Gasteiger partial charge in [0.2, 0.25) is 5.91 Å². The van der Waals surface area contributed by atoms with Gasteiger partial charge in [-0.2, -0.15) is 0 Å². The molecule has 0 radical (unpaired) electrons. The van der Waals surface area contributed by atoms with Crippen molar-refractivity contribution in [2.24, 2.45) is 5.92 Å². The minimum absolute atomic E-state index is 0.115. The highest BCUT2D eigenvalue weighted by Gasteiger charge is 2.20. The van der Waals surface area contributed by atoms with E-state index < -0.39 is 0 Å². The zero-order valence-electron chi connectivity index (χ0n) is 8.03. The third-order valence-corrected chi connectivity index (χ3v) is 2.45. The van der Waals surface area contributed by atoms with E-state index in [-0.39, 0.29) is 5.91 Å². The molecule has 1 saturated heterocycles. The average Bonchev–Trinajstić information content (AvgIpc) is 2.64. The van der Waals surface area contributed by atoms with Crippen molar-refractivity contribution in [2.75, 3.05) is 18.4 Å². The molecule has 0 aromatic carbocycles. The lowest BCUT2D eigenvalue weighted by molar-refractivity contribution is -0.119. The number of amides is 1. The fourth-order valence-corrected chi connectivity index (χ4v) is 1.56. The third kappa shape index (κ3) is 2.79. The lowest BCUT2D eigenvalue weighted by Crippen LogP contribution is -2.18. The number of hydrogen-bond donors (Lipinski definition) is 2. The summed E-state index contributed by atoms with van der Waals surface area (Å²) in [6, 6.07) is 0. The van der Waals surface area contributed by atoms with Gasteiger partial charge in [0.15, 0.2) is 0 Å². The van der Waals surface area contributed by atoms with Crippen molar-refractivity contribution in [3.05, 3.63) is 17.5 Å². The highest BCUT2D eigenvalue weighted by Crippen LogP contribution is 2.10. The molecule has 1 aliphatic heterocycles. The zero-order valence-corrected chi connectivity index (χ0v) is 8.79. The van der Waals surface area contributed by atoms with Crippen LogP contribution in [0.5, 0.6) is 0 Å². The number of hydrogen-bond acceptors (Lipinski definition) is 4. The van der Waals surface area contributed by atoms with E-state index in [4.69, 9.17) is 11.6 Å². The lowest BCUT2D eigenvalue weighted by atomic mass is 10.1. The first-order chi connectivity index (χ1) is 7.24. The summed E-state index contributed by atoms with van der Waals surface area (Å²) < 4.78 is 0. The number of carbonyl (C=O) groups is 1. The molecular formula is C9H11ClN4O. The SMILES string of the molecule is O=C1CC(CNc2cnc(Cl)cn2)CN1. The predicted octanol–water partition coefficient (Wildman–Crippen LogP) is 0.678. The number of carbonyl (C=O) groups excluding carboxylic acids is 1. The second kappa shape index (κ2) is 4.44. The number of nitrogens with one attached hydrogen (secondary N) is 2. The fraction of sp³-hybridized carbons (Fsp3) is 0.444. The molecule has 1 fully saturated rings. The van der Waals surface area contributed by atoms with E-state index in [1.165, 1.54) is 6.20 Å². The van der Waals surface area contributed by atoms with Crippen molar-refractivity contribution in [3.63, 3.8) is 0 Å². The van der Waals surface area contributed by atoms with Crippen LogP contribution in [0.25, 0.3) is 0 Å². The highest BCUT2D eigenvalue weighted by atomic mass is 35.5. The minimum Gasteiger partial charge on any atom is -0.368 e. The van der Waals surface area contributed by atoms with E-state index in [2.05, 4.69) is 20.6 Å². The summed E-state index contributed by atoms with van der Waals surface area (Å²) in [6.45, 7) is 1.45. The molecule has 2 heterocycles. The first-order valence-electron chi connectivity index (χ1n) is 4.72. The summed E-state index contributed by atoms with van der Waals surface area (Å²) in [5.41, 5.74) is 0. The van der Waals surface area contributed by atoms with Crippen LogP contribution in [0.1, 0.15) is 6.42 Å². The van der Waals surface area contributed by atoms with Crippen molar-refractivity contribution in [2.45, 2.75) is 6.42 Å². The molecule has 2 rings (SSSR count). The maximum Gasteiger partial charge on any atom is 0.220 e. The van der Waals surface area contributed by atoms with Gasteiger partial charge >= 0.3 is 0 Å². The maximum atomic E-state index is 10.9. The molecule has 0 saturated carbocycles. The van der Waals surface area contributed by atoms with E-state index >= 15 is 0 Å².